The Hall–Kier alpha value is -0.0231. The minimum absolute atomic E-state index is 0.152. The van der Waals surface area contributed by atoms with E-state index in [1.807, 2.05) is 33.9 Å². The van der Waals surface area contributed by atoms with Crippen molar-refractivity contribution in [2.24, 2.45) is 0 Å². The molecule has 1 aliphatic heterocycles. The highest BCUT2D eigenvalue weighted by molar-refractivity contribution is 6.81. The summed E-state index contributed by atoms with van der Waals surface area (Å²) in [5.74, 6) is -2.21. The van der Waals surface area contributed by atoms with Crippen molar-refractivity contribution < 1.29 is 30.3 Å². The van der Waals surface area contributed by atoms with Crippen molar-refractivity contribution in [3.8, 4) is 0 Å². The van der Waals surface area contributed by atoms with Crippen LogP contribution in [0.3, 0.4) is 0 Å². The number of aliphatic hydroxyl groups is 5. The van der Waals surface area contributed by atoms with E-state index < -0.39 is 44.5 Å². The van der Waals surface area contributed by atoms with Crippen LogP contribution in [0.15, 0.2) is 0 Å². The Balaban J connectivity index is 3.00. The summed E-state index contributed by atoms with van der Waals surface area (Å²) in [5, 5.41) is 48.9. The maximum atomic E-state index is 10.5. The van der Waals surface area contributed by atoms with E-state index in [0.717, 1.165) is 0 Å². The molecule has 114 valence electrons. The lowest BCUT2D eigenvalue weighted by Crippen LogP contribution is -2.57. The molecule has 0 aliphatic carbocycles. The van der Waals surface area contributed by atoms with E-state index in [0.29, 0.717) is 0 Å². The van der Waals surface area contributed by atoms with Gasteiger partial charge in [0, 0.05) is 0 Å². The Bertz CT molecular complexity index is 329. The fourth-order valence-corrected chi connectivity index (χ4v) is 4.03. The Labute approximate surface area is 114 Å². The number of hydrogen-bond acceptors (Lipinski definition) is 6. The number of hydrogen-bond donors (Lipinski definition) is 5. The molecule has 19 heavy (non-hydrogen) atoms. The van der Waals surface area contributed by atoms with Crippen molar-refractivity contribution >= 4 is 8.07 Å². The molecule has 0 amide bonds. The Morgan fingerprint density at radius 2 is 1.74 bits per heavy atom. The first-order valence-electron chi connectivity index (χ1n) is 6.44. The first-order valence-corrected chi connectivity index (χ1v) is 9.51. The highest BCUT2D eigenvalue weighted by atomic mass is 28.3. The topological polar surface area (TPSA) is 110 Å². The van der Waals surface area contributed by atoms with Gasteiger partial charge in [0.2, 0.25) is 5.79 Å². The lowest BCUT2D eigenvalue weighted by atomic mass is 10.1. The third-order valence-corrected chi connectivity index (χ3v) is 10.3. The molecule has 5 N–H and O–H groups in total. The van der Waals surface area contributed by atoms with E-state index in [2.05, 4.69) is 0 Å². The van der Waals surface area contributed by atoms with Crippen LogP contribution in [0.2, 0.25) is 18.1 Å². The molecule has 5 atom stereocenters. The van der Waals surface area contributed by atoms with Gasteiger partial charge in [-0.1, -0.05) is 33.9 Å². The summed E-state index contributed by atoms with van der Waals surface area (Å²) in [6.45, 7) is 9.06. The summed E-state index contributed by atoms with van der Waals surface area (Å²) in [5.41, 5.74) is -0.974. The van der Waals surface area contributed by atoms with Gasteiger partial charge >= 0.3 is 0 Å². The van der Waals surface area contributed by atoms with E-state index in [1.165, 1.54) is 0 Å². The molecule has 0 aromatic carbocycles. The molecule has 1 aliphatic rings. The first-order chi connectivity index (χ1) is 8.38. The third kappa shape index (κ3) is 2.73. The van der Waals surface area contributed by atoms with E-state index in [-0.39, 0.29) is 5.04 Å². The molecular formula is C12H26O6Si. The normalized spacial score (nSPS) is 38.5. The minimum atomic E-state index is -2.25. The van der Waals surface area contributed by atoms with Crippen LogP contribution in [-0.2, 0) is 4.74 Å². The summed E-state index contributed by atoms with van der Waals surface area (Å²) in [4.78, 5) is 0. The Morgan fingerprint density at radius 3 is 2.05 bits per heavy atom. The summed E-state index contributed by atoms with van der Waals surface area (Å²) in [7, 11) is -2.25. The van der Waals surface area contributed by atoms with Crippen molar-refractivity contribution in [3.63, 3.8) is 0 Å². The third-order valence-electron chi connectivity index (χ3n) is 4.67. The van der Waals surface area contributed by atoms with Gasteiger partial charge in [0.25, 0.3) is 0 Å². The second-order valence-electron chi connectivity index (χ2n) is 6.94. The van der Waals surface area contributed by atoms with Gasteiger partial charge in [0.1, 0.15) is 18.3 Å². The average Bonchev–Trinajstić information content (AvgIpc) is 2.52. The lowest BCUT2D eigenvalue weighted by Gasteiger charge is -2.43. The zero-order valence-electron chi connectivity index (χ0n) is 12.2. The Morgan fingerprint density at radius 1 is 1.26 bits per heavy atom. The molecule has 6 nitrogen and oxygen atoms in total. The van der Waals surface area contributed by atoms with E-state index in [1.54, 1.807) is 0 Å². The highest BCUT2D eigenvalue weighted by Crippen LogP contribution is 2.42. The smallest absolute Gasteiger partial charge is 0.219 e. The lowest BCUT2D eigenvalue weighted by molar-refractivity contribution is -0.250. The van der Waals surface area contributed by atoms with Crippen molar-refractivity contribution in [1.29, 1.82) is 0 Å². The number of aliphatic hydroxyl groups excluding tert-OH is 4. The van der Waals surface area contributed by atoms with Crippen LogP contribution >= 0.6 is 0 Å². The first kappa shape index (κ1) is 17.0. The zero-order chi connectivity index (χ0) is 15.2. The predicted octanol–water partition coefficient (Wildman–Crippen LogP) is -0.804. The van der Waals surface area contributed by atoms with Gasteiger partial charge in [-0.25, -0.2) is 0 Å². The summed E-state index contributed by atoms with van der Waals surface area (Å²) < 4.78 is 5.16. The summed E-state index contributed by atoms with van der Waals surface area (Å²) >= 11 is 0. The van der Waals surface area contributed by atoms with Crippen LogP contribution in [0.5, 0.6) is 0 Å². The Kier molecular flexibility index (Phi) is 4.54. The fraction of sp³-hybridized carbons (Fsp3) is 1.00. The molecule has 7 heteroatoms. The minimum Gasteiger partial charge on any atom is -0.394 e. The molecule has 0 bridgehead atoms. The molecule has 1 rings (SSSR count). The van der Waals surface area contributed by atoms with Gasteiger partial charge in [0.05, 0.1) is 20.4 Å². The van der Waals surface area contributed by atoms with Crippen molar-refractivity contribution in [3.05, 3.63) is 0 Å². The monoisotopic (exact) mass is 294 g/mol. The van der Waals surface area contributed by atoms with E-state index in [9.17, 15) is 20.4 Å². The van der Waals surface area contributed by atoms with Gasteiger partial charge in [-0.3, -0.25) is 0 Å². The van der Waals surface area contributed by atoms with Gasteiger partial charge in [0.15, 0.2) is 0 Å². The summed E-state index contributed by atoms with van der Waals surface area (Å²) in [6, 6.07) is 0. The molecule has 0 aromatic rings. The van der Waals surface area contributed by atoms with Gasteiger partial charge in [-0.05, 0) is 5.04 Å². The van der Waals surface area contributed by atoms with Crippen LogP contribution in [-0.4, -0.2) is 70.0 Å². The van der Waals surface area contributed by atoms with Crippen molar-refractivity contribution in [1.82, 2.24) is 0 Å². The molecular weight excluding hydrogens is 268 g/mol. The molecule has 1 saturated heterocycles. The van der Waals surface area contributed by atoms with E-state index >= 15 is 0 Å². The second-order valence-corrected chi connectivity index (χ2v) is 12.5. The van der Waals surface area contributed by atoms with Crippen LogP contribution < -0.4 is 0 Å². The molecule has 1 heterocycles. The molecule has 1 fully saturated rings. The molecule has 0 spiro atoms. The number of rotatable bonds is 3. The van der Waals surface area contributed by atoms with Gasteiger partial charge < -0.3 is 30.3 Å². The molecule has 0 saturated carbocycles. The highest BCUT2D eigenvalue weighted by Gasteiger charge is 2.58. The maximum Gasteiger partial charge on any atom is 0.219 e. The van der Waals surface area contributed by atoms with Crippen LogP contribution in [0, 0.1) is 0 Å². The fourth-order valence-electron chi connectivity index (χ4n) is 2.06. The van der Waals surface area contributed by atoms with Crippen molar-refractivity contribution in [2.75, 3.05) is 6.61 Å². The predicted molar refractivity (Wildman–Crippen MR) is 72.1 cm³/mol. The van der Waals surface area contributed by atoms with Crippen LogP contribution in [0.4, 0.5) is 0 Å². The van der Waals surface area contributed by atoms with Crippen molar-refractivity contribution in [2.45, 2.75) is 68.7 Å². The van der Waals surface area contributed by atoms with Gasteiger partial charge in [-0.2, -0.15) is 0 Å². The standard InChI is InChI=1S/C12H26O6Si/c1-11(2,3)19(4,5)10(16)8-7(14)9(15)12(17,6-13)18-8/h7-10,13-17H,6H2,1-5H3/t7-,8+,9+,10?,12+/m1/s1. The average molecular weight is 294 g/mol. The van der Waals surface area contributed by atoms with E-state index in [4.69, 9.17) is 9.84 Å². The second kappa shape index (κ2) is 5.07. The zero-order valence-corrected chi connectivity index (χ0v) is 13.2. The molecule has 0 aromatic heterocycles. The molecule has 0 radical (unpaired) electrons. The largest absolute Gasteiger partial charge is 0.394 e. The number of ether oxygens (including phenoxy) is 1. The van der Waals surface area contributed by atoms with Crippen LogP contribution in [0.1, 0.15) is 20.8 Å². The SMILES string of the molecule is CC(C)(C)[Si](C)(C)C(O)[C@H]1O[C@@](O)(CO)[C@@H](O)[C@@H]1O. The van der Waals surface area contributed by atoms with Gasteiger partial charge in [-0.15, -0.1) is 0 Å². The maximum absolute atomic E-state index is 10.5. The quantitative estimate of drug-likeness (QED) is 0.436. The summed E-state index contributed by atoms with van der Waals surface area (Å²) in [6.07, 6.45) is -4.17. The van der Waals surface area contributed by atoms with Crippen LogP contribution in [0.25, 0.3) is 0 Å². The molecule has 1 unspecified atom stereocenters.